The van der Waals surface area contributed by atoms with Gasteiger partial charge >= 0.3 is 0 Å². The predicted molar refractivity (Wildman–Crippen MR) is 98.2 cm³/mol. The van der Waals surface area contributed by atoms with Crippen molar-refractivity contribution in [1.82, 2.24) is 4.90 Å². The highest BCUT2D eigenvalue weighted by atomic mass is 16.5. The van der Waals surface area contributed by atoms with Gasteiger partial charge in [-0.05, 0) is 48.6 Å². The molecule has 1 amide bonds. The molecule has 1 atom stereocenters. The van der Waals surface area contributed by atoms with Crippen LogP contribution in [0.15, 0.2) is 36.4 Å². The summed E-state index contributed by atoms with van der Waals surface area (Å²) in [4.78, 5) is 14.5. The zero-order valence-corrected chi connectivity index (χ0v) is 14.9. The van der Waals surface area contributed by atoms with Gasteiger partial charge in [0.1, 0.15) is 12.7 Å². The summed E-state index contributed by atoms with van der Waals surface area (Å²) in [6, 6.07) is 11.8. The molecule has 136 valence electrons. The lowest BCUT2D eigenvalue weighted by atomic mass is 9.97. The van der Waals surface area contributed by atoms with E-state index in [1.807, 2.05) is 37.3 Å². The van der Waals surface area contributed by atoms with Crippen LogP contribution in [0.4, 0.5) is 0 Å². The molecule has 0 aromatic heterocycles. The number of hydrogen-bond acceptors (Lipinski definition) is 4. The maximum Gasteiger partial charge on any atom is 0.252 e. The number of amides is 1. The standard InChI is InChI=1S/C21H23NO4/c1-14-5-2-3-6-17(14)15-11-16-13-22(21(24)19-7-4-9-25-19)8-10-26-20(16)18(23)12-15/h2-3,5-6,11-12,19,23H,4,7-10,13H2,1H3/t19-/m0/s1. The van der Waals surface area contributed by atoms with E-state index >= 15 is 0 Å². The Morgan fingerprint density at radius 1 is 1.23 bits per heavy atom. The fourth-order valence-electron chi connectivity index (χ4n) is 3.72. The number of aryl methyl sites for hydroxylation is 1. The van der Waals surface area contributed by atoms with Crippen LogP contribution in [0.3, 0.4) is 0 Å². The monoisotopic (exact) mass is 353 g/mol. The molecule has 0 radical (unpaired) electrons. The van der Waals surface area contributed by atoms with Crippen molar-refractivity contribution < 1.29 is 19.4 Å². The Kier molecular flexibility index (Phi) is 4.55. The number of ether oxygens (including phenoxy) is 2. The van der Waals surface area contributed by atoms with E-state index < -0.39 is 0 Å². The minimum Gasteiger partial charge on any atom is -0.504 e. The van der Waals surface area contributed by atoms with Gasteiger partial charge in [0.25, 0.3) is 5.91 Å². The van der Waals surface area contributed by atoms with Crippen LogP contribution < -0.4 is 4.74 Å². The quantitative estimate of drug-likeness (QED) is 0.900. The molecule has 2 heterocycles. The normalized spacial score (nSPS) is 19.6. The number of nitrogens with zero attached hydrogens (tertiary/aromatic N) is 1. The Morgan fingerprint density at radius 2 is 2.08 bits per heavy atom. The molecule has 5 heteroatoms. The zero-order chi connectivity index (χ0) is 18.1. The maximum absolute atomic E-state index is 12.7. The molecule has 0 unspecified atom stereocenters. The van der Waals surface area contributed by atoms with Crippen molar-refractivity contribution in [2.45, 2.75) is 32.4 Å². The predicted octanol–water partition coefficient (Wildman–Crippen LogP) is 3.27. The number of carbonyl (C=O) groups excluding carboxylic acids is 1. The highest BCUT2D eigenvalue weighted by Gasteiger charge is 2.30. The Bertz CT molecular complexity index is 827. The topological polar surface area (TPSA) is 59.0 Å². The lowest BCUT2D eigenvalue weighted by molar-refractivity contribution is -0.141. The number of phenolic OH excluding ortho intramolecular Hbond substituents is 1. The summed E-state index contributed by atoms with van der Waals surface area (Å²) in [5, 5.41) is 10.5. The smallest absolute Gasteiger partial charge is 0.252 e. The lowest BCUT2D eigenvalue weighted by Gasteiger charge is -2.23. The van der Waals surface area contributed by atoms with Crippen molar-refractivity contribution in [2.24, 2.45) is 0 Å². The van der Waals surface area contributed by atoms with E-state index in [-0.39, 0.29) is 17.8 Å². The number of phenols is 1. The summed E-state index contributed by atoms with van der Waals surface area (Å²) in [5.74, 6) is 0.608. The van der Waals surface area contributed by atoms with E-state index in [9.17, 15) is 9.90 Å². The van der Waals surface area contributed by atoms with E-state index in [0.29, 0.717) is 32.1 Å². The first-order valence-corrected chi connectivity index (χ1v) is 9.08. The summed E-state index contributed by atoms with van der Waals surface area (Å²) in [7, 11) is 0. The van der Waals surface area contributed by atoms with Gasteiger partial charge in [-0.3, -0.25) is 4.79 Å². The van der Waals surface area contributed by atoms with Gasteiger partial charge in [-0.25, -0.2) is 0 Å². The Balaban J connectivity index is 1.68. The van der Waals surface area contributed by atoms with Gasteiger partial charge in [0, 0.05) is 18.7 Å². The van der Waals surface area contributed by atoms with E-state index in [1.165, 1.54) is 0 Å². The van der Waals surface area contributed by atoms with Crippen LogP contribution in [0.2, 0.25) is 0 Å². The summed E-state index contributed by atoms with van der Waals surface area (Å²) >= 11 is 0. The Labute approximate surface area is 153 Å². The van der Waals surface area contributed by atoms with Crippen molar-refractivity contribution in [3.63, 3.8) is 0 Å². The third-order valence-electron chi connectivity index (χ3n) is 5.09. The van der Waals surface area contributed by atoms with Crippen LogP contribution in [-0.2, 0) is 16.1 Å². The highest BCUT2D eigenvalue weighted by Crippen LogP contribution is 2.38. The maximum atomic E-state index is 12.7. The van der Waals surface area contributed by atoms with Crippen LogP contribution in [0, 0.1) is 6.92 Å². The lowest BCUT2D eigenvalue weighted by Crippen LogP contribution is -2.39. The first kappa shape index (κ1) is 16.9. The SMILES string of the molecule is Cc1ccccc1-c1cc(O)c2c(c1)CN(C(=O)[C@@H]1CCCO1)CCO2. The van der Waals surface area contributed by atoms with Gasteiger partial charge in [-0.1, -0.05) is 24.3 Å². The fraction of sp³-hybridized carbons (Fsp3) is 0.381. The molecule has 0 saturated carbocycles. The molecule has 5 nitrogen and oxygen atoms in total. The van der Waals surface area contributed by atoms with E-state index in [1.54, 1.807) is 11.0 Å². The van der Waals surface area contributed by atoms with Gasteiger partial charge in [0.2, 0.25) is 0 Å². The summed E-state index contributed by atoms with van der Waals surface area (Å²) in [5.41, 5.74) is 3.95. The van der Waals surface area contributed by atoms with Crippen LogP contribution in [-0.4, -0.2) is 41.8 Å². The molecule has 1 saturated heterocycles. The summed E-state index contributed by atoms with van der Waals surface area (Å²) in [6.45, 7) is 3.97. The van der Waals surface area contributed by atoms with Crippen LogP contribution in [0.1, 0.15) is 24.0 Å². The second-order valence-corrected chi connectivity index (χ2v) is 6.91. The second-order valence-electron chi connectivity index (χ2n) is 6.91. The van der Waals surface area contributed by atoms with Gasteiger partial charge in [-0.15, -0.1) is 0 Å². The minimum atomic E-state index is -0.343. The van der Waals surface area contributed by atoms with Crippen LogP contribution in [0.5, 0.6) is 11.5 Å². The third-order valence-corrected chi connectivity index (χ3v) is 5.09. The Hall–Kier alpha value is -2.53. The number of aromatic hydroxyl groups is 1. The number of rotatable bonds is 2. The third kappa shape index (κ3) is 3.15. The van der Waals surface area contributed by atoms with E-state index in [2.05, 4.69) is 0 Å². The molecule has 0 aliphatic carbocycles. The van der Waals surface area contributed by atoms with Crippen molar-refractivity contribution in [3.05, 3.63) is 47.5 Å². The van der Waals surface area contributed by atoms with Gasteiger partial charge in [-0.2, -0.15) is 0 Å². The molecule has 2 aliphatic heterocycles. The molecule has 1 fully saturated rings. The van der Waals surface area contributed by atoms with Crippen LogP contribution >= 0.6 is 0 Å². The molecule has 2 aliphatic rings. The van der Waals surface area contributed by atoms with Crippen molar-refractivity contribution in [1.29, 1.82) is 0 Å². The van der Waals surface area contributed by atoms with E-state index in [4.69, 9.17) is 9.47 Å². The first-order chi connectivity index (χ1) is 12.6. The zero-order valence-electron chi connectivity index (χ0n) is 14.9. The molecule has 2 aromatic rings. The van der Waals surface area contributed by atoms with E-state index in [0.717, 1.165) is 35.1 Å². The van der Waals surface area contributed by atoms with Crippen molar-refractivity contribution >= 4 is 5.91 Å². The largest absolute Gasteiger partial charge is 0.504 e. The number of hydrogen-bond donors (Lipinski definition) is 1. The molecule has 1 N–H and O–H groups in total. The molecular weight excluding hydrogens is 330 g/mol. The van der Waals surface area contributed by atoms with Gasteiger partial charge in [0.15, 0.2) is 11.5 Å². The number of carbonyl (C=O) groups is 1. The molecule has 0 bridgehead atoms. The average molecular weight is 353 g/mol. The summed E-state index contributed by atoms with van der Waals surface area (Å²) in [6.07, 6.45) is 1.36. The first-order valence-electron chi connectivity index (χ1n) is 9.08. The Morgan fingerprint density at radius 3 is 2.85 bits per heavy atom. The fourth-order valence-corrected chi connectivity index (χ4v) is 3.72. The van der Waals surface area contributed by atoms with Gasteiger partial charge < -0.3 is 19.5 Å². The minimum absolute atomic E-state index is 0.0136. The molecule has 26 heavy (non-hydrogen) atoms. The van der Waals surface area contributed by atoms with Crippen molar-refractivity contribution in [2.75, 3.05) is 19.8 Å². The summed E-state index contributed by atoms with van der Waals surface area (Å²) < 4.78 is 11.3. The average Bonchev–Trinajstić information content (AvgIpc) is 3.08. The second kappa shape index (κ2) is 7.00. The molecular formula is C21H23NO4. The number of fused-ring (bicyclic) bond motifs is 1. The molecule has 4 rings (SSSR count). The molecule has 0 spiro atoms. The molecule has 2 aromatic carbocycles. The van der Waals surface area contributed by atoms with Gasteiger partial charge in [0.05, 0.1) is 6.54 Å². The van der Waals surface area contributed by atoms with Crippen LogP contribution in [0.25, 0.3) is 11.1 Å². The number of benzene rings is 2. The highest BCUT2D eigenvalue weighted by molar-refractivity contribution is 5.81. The van der Waals surface area contributed by atoms with Crippen molar-refractivity contribution in [3.8, 4) is 22.6 Å².